The van der Waals surface area contributed by atoms with Crippen molar-refractivity contribution >= 4 is 34.7 Å². The number of hydrogen-bond acceptors (Lipinski definition) is 2. The van der Waals surface area contributed by atoms with E-state index in [1.165, 1.54) is 0 Å². The van der Waals surface area contributed by atoms with Crippen molar-refractivity contribution in [2.24, 2.45) is 5.73 Å². The third-order valence-corrected chi connectivity index (χ3v) is 1.85. The van der Waals surface area contributed by atoms with E-state index in [1.54, 1.807) is 6.08 Å². The molecule has 3 heteroatoms. The summed E-state index contributed by atoms with van der Waals surface area (Å²) in [5.41, 5.74) is 6.36. The second-order valence-corrected chi connectivity index (χ2v) is 3.25. The highest BCUT2D eigenvalue weighted by atomic mass is 32.1. The minimum atomic E-state index is 0.351. The number of benzene rings is 1. The van der Waals surface area contributed by atoms with Crippen LogP contribution in [0.5, 0.6) is 0 Å². The fraction of sp³-hybridized carbons (Fsp3) is 0. The van der Waals surface area contributed by atoms with Crippen LogP contribution in [0.2, 0.25) is 0 Å². The first-order chi connectivity index (χ1) is 5.70. The van der Waals surface area contributed by atoms with Gasteiger partial charge in [-0.05, 0) is 11.6 Å². The van der Waals surface area contributed by atoms with Gasteiger partial charge in [-0.3, -0.25) is 0 Å². The Labute approximate surface area is 82.7 Å². The molecule has 0 aliphatic rings. The van der Waals surface area contributed by atoms with Crippen LogP contribution in [0, 0.1) is 0 Å². The van der Waals surface area contributed by atoms with E-state index in [9.17, 15) is 0 Å². The average molecular weight is 195 g/mol. The van der Waals surface area contributed by atoms with Gasteiger partial charge in [0.25, 0.3) is 0 Å². The fourth-order valence-corrected chi connectivity index (χ4v) is 1.32. The second kappa shape index (κ2) is 4.28. The first kappa shape index (κ1) is 9.29. The van der Waals surface area contributed by atoms with Gasteiger partial charge in [0.1, 0.15) is 0 Å². The molecule has 0 radical (unpaired) electrons. The van der Waals surface area contributed by atoms with Gasteiger partial charge < -0.3 is 5.73 Å². The molecule has 1 aromatic rings. The average Bonchev–Trinajstić information content (AvgIpc) is 2.05. The maximum absolute atomic E-state index is 5.34. The predicted octanol–water partition coefficient (Wildman–Crippen LogP) is 2.24. The maximum Gasteiger partial charge on any atom is 0.0973 e. The van der Waals surface area contributed by atoms with Gasteiger partial charge in [0.15, 0.2) is 0 Å². The first-order valence-electron chi connectivity index (χ1n) is 3.45. The topological polar surface area (TPSA) is 26.0 Å². The molecule has 0 spiro atoms. The van der Waals surface area contributed by atoms with Crippen molar-refractivity contribution in [2.45, 2.75) is 0 Å². The molecule has 12 heavy (non-hydrogen) atoms. The van der Waals surface area contributed by atoms with Crippen LogP contribution in [-0.4, -0.2) is 4.99 Å². The molecule has 0 saturated heterocycles. The van der Waals surface area contributed by atoms with Crippen molar-refractivity contribution in [1.82, 2.24) is 0 Å². The number of nitrogens with two attached hydrogens (primary N) is 1. The molecule has 1 aromatic carbocycles. The molecule has 0 aliphatic heterocycles. The lowest BCUT2D eigenvalue weighted by Crippen LogP contribution is -2.02. The minimum Gasteiger partial charge on any atom is -0.390 e. The van der Waals surface area contributed by atoms with Crippen molar-refractivity contribution < 1.29 is 0 Å². The van der Waals surface area contributed by atoms with E-state index in [4.69, 9.17) is 18.0 Å². The SMILES string of the molecule is NC(=S)/C=C(/S)c1ccccc1. The Hall–Kier alpha value is -0.800. The van der Waals surface area contributed by atoms with E-state index in [0.29, 0.717) is 4.99 Å². The summed E-state index contributed by atoms with van der Waals surface area (Å²) in [4.78, 5) is 1.15. The van der Waals surface area contributed by atoms with Crippen molar-refractivity contribution in [3.8, 4) is 0 Å². The van der Waals surface area contributed by atoms with Gasteiger partial charge >= 0.3 is 0 Å². The van der Waals surface area contributed by atoms with Crippen molar-refractivity contribution in [3.63, 3.8) is 0 Å². The summed E-state index contributed by atoms with van der Waals surface area (Å²) in [6.07, 6.45) is 1.66. The molecular formula is C9H9NS2. The van der Waals surface area contributed by atoms with Gasteiger partial charge in [0, 0.05) is 4.91 Å². The molecule has 0 saturated carbocycles. The standard InChI is InChI=1S/C9H9NS2/c10-9(12)6-8(11)7-4-2-1-3-5-7/h1-6,11H,(H2,10,12)/b8-6+. The molecule has 0 aromatic heterocycles. The summed E-state index contributed by atoms with van der Waals surface area (Å²) in [6, 6.07) is 9.75. The lowest BCUT2D eigenvalue weighted by atomic mass is 10.2. The third-order valence-electron chi connectivity index (χ3n) is 1.35. The van der Waals surface area contributed by atoms with E-state index in [2.05, 4.69) is 12.6 Å². The van der Waals surface area contributed by atoms with E-state index in [0.717, 1.165) is 10.5 Å². The zero-order valence-electron chi connectivity index (χ0n) is 6.40. The van der Waals surface area contributed by atoms with E-state index in [-0.39, 0.29) is 0 Å². The summed E-state index contributed by atoms with van der Waals surface area (Å²) >= 11 is 8.98. The minimum absolute atomic E-state index is 0.351. The summed E-state index contributed by atoms with van der Waals surface area (Å²) in [5.74, 6) is 0. The van der Waals surface area contributed by atoms with Crippen molar-refractivity contribution in [1.29, 1.82) is 0 Å². The van der Waals surface area contributed by atoms with Crippen LogP contribution in [0.4, 0.5) is 0 Å². The van der Waals surface area contributed by atoms with Crippen LogP contribution in [0.25, 0.3) is 4.91 Å². The lowest BCUT2D eigenvalue weighted by molar-refractivity contribution is 1.65. The molecule has 0 fully saturated rings. The lowest BCUT2D eigenvalue weighted by Gasteiger charge is -1.98. The summed E-state index contributed by atoms with van der Waals surface area (Å²) in [6.45, 7) is 0. The molecule has 1 nitrogen and oxygen atoms in total. The zero-order chi connectivity index (χ0) is 8.97. The molecule has 0 amide bonds. The molecule has 0 atom stereocenters. The van der Waals surface area contributed by atoms with Gasteiger partial charge in [0.05, 0.1) is 4.99 Å². The van der Waals surface area contributed by atoms with Crippen LogP contribution in [0.1, 0.15) is 5.56 Å². The Kier molecular flexibility index (Phi) is 3.31. The highest BCUT2D eigenvalue weighted by Gasteiger charge is 1.93. The van der Waals surface area contributed by atoms with Crippen molar-refractivity contribution in [2.75, 3.05) is 0 Å². The normalized spacial score (nSPS) is 11.2. The molecular weight excluding hydrogens is 186 g/mol. The summed E-state index contributed by atoms with van der Waals surface area (Å²) in [5, 5.41) is 0. The molecule has 0 bridgehead atoms. The monoisotopic (exact) mass is 195 g/mol. The number of rotatable bonds is 2. The zero-order valence-corrected chi connectivity index (χ0v) is 8.11. The van der Waals surface area contributed by atoms with Gasteiger partial charge in [0.2, 0.25) is 0 Å². The highest BCUT2D eigenvalue weighted by molar-refractivity contribution is 7.90. The van der Waals surface area contributed by atoms with Gasteiger partial charge in [-0.15, -0.1) is 12.6 Å². The Morgan fingerprint density at radius 2 is 1.92 bits per heavy atom. The molecule has 0 aliphatic carbocycles. The number of hydrogen-bond donors (Lipinski definition) is 2. The fourth-order valence-electron chi connectivity index (χ4n) is 0.827. The van der Waals surface area contributed by atoms with Crippen LogP contribution in [0.3, 0.4) is 0 Å². The van der Waals surface area contributed by atoms with Crippen LogP contribution < -0.4 is 5.73 Å². The maximum atomic E-state index is 5.34. The Balaban J connectivity index is 2.93. The third kappa shape index (κ3) is 2.68. The first-order valence-corrected chi connectivity index (χ1v) is 4.31. The number of thiol groups is 1. The summed E-state index contributed by atoms with van der Waals surface area (Å²) < 4.78 is 0. The van der Waals surface area contributed by atoms with E-state index in [1.807, 2.05) is 30.3 Å². The van der Waals surface area contributed by atoms with Gasteiger partial charge in [-0.1, -0.05) is 42.5 Å². The van der Waals surface area contributed by atoms with E-state index >= 15 is 0 Å². The van der Waals surface area contributed by atoms with Crippen molar-refractivity contribution in [3.05, 3.63) is 42.0 Å². The van der Waals surface area contributed by atoms with Crippen LogP contribution >= 0.6 is 24.8 Å². The Morgan fingerprint density at radius 3 is 2.42 bits per heavy atom. The van der Waals surface area contributed by atoms with Gasteiger partial charge in [-0.2, -0.15) is 0 Å². The smallest absolute Gasteiger partial charge is 0.0973 e. The van der Waals surface area contributed by atoms with Crippen LogP contribution in [0.15, 0.2) is 36.4 Å². The van der Waals surface area contributed by atoms with E-state index < -0.39 is 0 Å². The highest BCUT2D eigenvalue weighted by Crippen LogP contribution is 2.16. The van der Waals surface area contributed by atoms with Crippen LogP contribution in [-0.2, 0) is 0 Å². The largest absolute Gasteiger partial charge is 0.390 e. The molecule has 0 heterocycles. The Bertz CT molecular complexity index is 304. The Morgan fingerprint density at radius 1 is 1.33 bits per heavy atom. The molecule has 2 N–H and O–H groups in total. The number of thiocarbonyl (C=S) groups is 1. The quantitative estimate of drug-likeness (QED) is 0.430. The predicted molar refractivity (Wildman–Crippen MR) is 60.2 cm³/mol. The summed E-state index contributed by atoms with van der Waals surface area (Å²) in [7, 11) is 0. The van der Waals surface area contributed by atoms with Gasteiger partial charge in [-0.25, -0.2) is 0 Å². The molecule has 0 unspecified atom stereocenters. The molecule has 62 valence electrons. The second-order valence-electron chi connectivity index (χ2n) is 2.30. The molecule has 1 rings (SSSR count).